The highest BCUT2D eigenvalue weighted by atomic mass is 35.5. The van der Waals surface area contributed by atoms with E-state index in [2.05, 4.69) is 0 Å². The first kappa shape index (κ1) is 15.5. The van der Waals surface area contributed by atoms with Crippen LogP contribution >= 0.6 is 35.0 Å². The molecule has 2 aromatic carbocycles. The van der Waals surface area contributed by atoms with Crippen LogP contribution in [-0.4, -0.2) is 12.9 Å². The lowest BCUT2D eigenvalue weighted by molar-refractivity contribution is 0.407. The number of nitrogens with two attached hydrogens (primary N) is 1. The van der Waals surface area contributed by atoms with Gasteiger partial charge in [-0.3, -0.25) is 0 Å². The van der Waals surface area contributed by atoms with E-state index in [0.29, 0.717) is 5.02 Å². The van der Waals surface area contributed by atoms with Gasteiger partial charge in [0.2, 0.25) is 0 Å². The van der Waals surface area contributed by atoms with Gasteiger partial charge in [-0.1, -0.05) is 23.2 Å². The maximum atomic E-state index is 6.23. The number of rotatable bonds is 5. The third-order valence-corrected chi connectivity index (χ3v) is 4.45. The predicted molar refractivity (Wildman–Crippen MR) is 87.1 cm³/mol. The summed E-state index contributed by atoms with van der Waals surface area (Å²) in [6, 6.07) is 13.0. The first-order valence-corrected chi connectivity index (χ1v) is 7.81. The van der Waals surface area contributed by atoms with Crippen molar-refractivity contribution < 1.29 is 4.74 Å². The molecule has 2 aromatic rings. The molecule has 0 aliphatic rings. The lowest BCUT2D eigenvalue weighted by Gasteiger charge is -2.15. The number of methoxy groups -OCH3 is 1. The Morgan fingerprint density at radius 2 is 1.75 bits per heavy atom. The van der Waals surface area contributed by atoms with Gasteiger partial charge in [0.15, 0.2) is 0 Å². The number of hydrogen-bond donors (Lipinski definition) is 1. The summed E-state index contributed by atoms with van der Waals surface area (Å²) in [4.78, 5) is 1.13. The number of thioether (sulfide) groups is 1. The Kier molecular flexibility index (Phi) is 5.61. The number of hydrogen-bond acceptors (Lipinski definition) is 3. The molecule has 2 N–H and O–H groups in total. The van der Waals surface area contributed by atoms with Gasteiger partial charge >= 0.3 is 0 Å². The predicted octanol–water partition coefficient (Wildman–Crippen LogP) is 4.79. The minimum Gasteiger partial charge on any atom is -0.496 e. The minimum absolute atomic E-state index is 0.149. The smallest absolute Gasteiger partial charge is 0.123 e. The Morgan fingerprint density at radius 1 is 1.10 bits per heavy atom. The maximum absolute atomic E-state index is 6.23. The summed E-state index contributed by atoms with van der Waals surface area (Å²) < 4.78 is 5.32. The van der Waals surface area contributed by atoms with E-state index in [4.69, 9.17) is 33.7 Å². The van der Waals surface area contributed by atoms with E-state index < -0.39 is 0 Å². The second-order valence-corrected chi connectivity index (χ2v) is 6.22. The van der Waals surface area contributed by atoms with Crippen LogP contribution < -0.4 is 10.5 Å². The van der Waals surface area contributed by atoms with Crippen molar-refractivity contribution in [3.8, 4) is 5.75 Å². The van der Waals surface area contributed by atoms with Gasteiger partial charge in [-0.15, -0.1) is 11.8 Å². The minimum atomic E-state index is -0.149. The van der Waals surface area contributed by atoms with Crippen molar-refractivity contribution in [2.45, 2.75) is 10.9 Å². The van der Waals surface area contributed by atoms with Crippen LogP contribution in [-0.2, 0) is 0 Å². The largest absolute Gasteiger partial charge is 0.496 e. The van der Waals surface area contributed by atoms with Crippen molar-refractivity contribution in [2.24, 2.45) is 5.73 Å². The second-order valence-electron chi connectivity index (χ2n) is 4.26. The SMILES string of the molecule is COc1ccc(Cl)cc1C(N)CSc1ccc(Cl)cc1. The molecule has 0 aliphatic carbocycles. The molecule has 0 bridgehead atoms. The van der Waals surface area contributed by atoms with E-state index >= 15 is 0 Å². The van der Waals surface area contributed by atoms with Crippen LogP contribution in [0.4, 0.5) is 0 Å². The standard InChI is InChI=1S/C15H15Cl2NOS/c1-19-15-7-4-11(17)8-13(15)14(18)9-20-12-5-2-10(16)3-6-12/h2-8,14H,9,18H2,1H3. The Labute approximate surface area is 133 Å². The lowest BCUT2D eigenvalue weighted by Crippen LogP contribution is -2.14. The Bertz CT molecular complexity index is 575. The van der Waals surface area contributed by atoms with E-state index in [1.165, 1.54) is 0 Å². The van der Waals surface area contributed by atoms with Gasteiger partial charge in [0.1, 0.15) is 5.75 Å². The topological polar surface area (TPSA) is 35.2 Å². The van der Waals surface area contributed by atoms with Crippen LogP contribution in [0.25, 0.3) is 0 Å². The van der Waals surface area contributed by atoms with Gasteiger partial charge in [-0.05, 0) is 42.5 Å². The van der Waals surface area contributed by atoms with Crippen LogP contribution in [0, 0.1) is 0 Å². The molecule has 2 rings (SSSR count). The third-order valence-electron chi connectivity index (χ3n) is 2.83. The summed E-state index contributed by atoms with van der Waals surface area (Å²) in [6.07, 6.45) is 0. The maximum Gasteiger partial charge on any atom is 0.123 e. The monoisotopic (exact) mass is 327 g/mol. The molecular weight excluding hydrogens is 313 g/mol. The Hall–Kier alpha value is -0.870. The molecule has 0 amide bonds. The van der Waals surface area contributed by atoms with Crippen molar-refractivity contribution >= 4 is 35.0 Å². The lowest BCUT2D eigenvalue weighted by atomic mass is 10.1. The van der Waals surface area contributed by atoms with Crippen molar-refractivity contribution in [3.63, 3.8) is 0 Å². The van der Waals surface area contributed by atoms with Gasteiger partial charge in [0.05, 0.1) is 7.11 Å². The molecule has 0 saturated heterocycles. The molecule has 106 valence electrons. The van der Waals surface area contributed by atoms with Crippen LogP contribution in [0.15, 0.2) is 47.4 Å². The van der Waals surface area contributed by atoms with Crippen molar-refractivity contribution in [1.29, 1.82) is 0 Å². The zero-order chi connectivity index (χ0) is 14.5. The van der Waals surface area contributed by atoms with Gasteiger partial charge in [-0.2, -0.15) is 0 Å². The molecule has 1 unspecified atom stereocenters. The fraction of sp³-hybridized carbons (Fsp3) is 0.200. The third kappa shape index (κ3) is 4.06. The van der Waals surface area contributed by atoms with Crippen molar-refractivity contribution in [3.05, 3.63) is 58.1 Å². The van der Waals surface area contributed by atoms with Gasteiger partial charge in [-0.25, -0.2) is 0 Å². The van der Waals surface area contributed by atoms with Gasteiger partial charge in [0, 0.05) is 32.3 Å². The van der Waals surface area contributed by atoms with Crippen LogP contribution in [0.1, 0.15) is 11.6 Å². The average molecular weight is 328 g/mol. The summed E-state index contributed by atoms with van der Waals surface area (Å²) >= 11 is 13.6. The fourth-order valence-corrected chi connectivity index (χ4v) is 2.99. The molecule has 0 aromatic heterocycles. The number of benzene rings is 2. The molecular formula is C15H15Cl2NOS. The molecule has 2 nitrogen and oxygen atoms in total. The summed E-state index contributed by atoms with van der Waals surface area (Å²) in [6.45, 7) is 0. The molecule has 5 heteroatoms. The van der Waals surface area contributed by atoms with E-state index in [1.54, 1.807) is 24.9 Å². The summed E-state index contributed by atoms with van der Waals surface area (Å²) in [5, 5.41) is 1.39. The summed E-state index contributed by atoms with van der Waals surface area (Å²) in [5.41, 5.74) is 7.15. The molecule has 1 atom stereocenters. The summed E-state index contributed by atoms with van der Waals surface area (Å²) in [7, 11) is 1.63. The molecule has 20 heavy (non-hydrogen) atoms. The van der Waals surface area contributed by atoms with Gasteiger partial charge in [0.25, 0.3) is 0 Å². The highest BCUT2D eigenvalue weighted by Gasteiger charge is 2.13. The van der Waals surface area contributed by atoms with E-state index in [9.17, 15) is 0 Å². The van der Waals surface area contributed by atoms with Crippen LogP contribution in [0.2, 0.25) is 10.0 Å². The number of halogens is 2. The van der Waals surface area contributed by atoms with E-state index in [1.807, 2.05) is 36.4 Å². The van der Waals surface area contributed by atoms with E-state index in [0.717, 1.165) is 27.0 Å². The molecule has 0 spiro atoms. The highest BCUT2D eigenvalue weighted by Crippen LogP contribution is 2.31. The second kappa shape index (κ2) is 7.23. The molecule has 0 fully saturated rings. The van der Waals surface area contributed by atoms with Crippen molar-refractivity contribution in [1.82, 2.24) is 0 Å². The average Bonchev–Trinajstić information content (AvgIpc) is 2.46. The Balaban J connectivity index is 2.06. The molecule has 0 heterocycles. The van der Waals surface area contributed by atoms with Crippen LogP contribution in [0.3, 0.4) is 0 Å². The normalized spacial score (nSPS) is 12.2. The first-order valence-electron chi connectivity index (χ1n) is 6.07. The zero-order valence-corrected chi connectivity index (χ0v) is 13.3. The highest BCUT2D eigenvalue weighted by molar-refractivity contribution is 7.99. The Morgan fingerprint density at radius 3 is 2.40 bits per heavy atom. The van der Waals surface area contributed by atoms with Crippen LogP contribution in [0.5, 0.6) is 5.75 Å². The molecule has 0 saturated carbocycles. The van der Waals surface area contributed by atoms with Crippen molar-refractivity contribution in [2.75, 3.05) is 12.9 Å². The first-order chi connectivity index (χ1) is 9.60. The molecule has 0 radical (unpaired) electrons. The zero-order valence-electron chi connectivity index (χ0n) is 11.0. The number of ether oxygens (including phenoxy) is 1. The van der Waals surface area contributed by atoms with Gasteiger partial charge < -0.3 is 10.5 Å². The quantitative estimate of drug-likeness (QED) is 0.801. The van der Waals surface area contributed by atoms with E-state index in [-0.39, 0.29) is 6.04 Å². The summed E-state index contributed by atoms with van der Waals surface area (Å²) in [5.74, 6) is 1.50. The fourth-order valence-electron chi connectivity index (χ4n) is 1.80. The molecule has 0 aliphatic heterocycles.